The Kier molecular flexibility index (Phi) is 4.27. The van der Waals surface area contributed by atoms with Crippen LogP contribution in [-0.2, 0) is 0 Å². The van der Waals surface area contributed by atoms with Crippen LogP contribution in [0.15, 0.2) is 48.5 Å². The second kappa shape index (κ2) is 6.19. The zero-order valence-corrected chi connectivity index (χ0v) is 14.6. The fraction of sp³-hybridized carbons (Fsp3) is 0.211. The first-order valence-corrected chi connectivity index (χ1v) is 8.68. The zero-order valence-electron chi connectivity index (χ0n) is 13.0. The number of thiophene rings is 1. The van der Waals surface area contributed by atoms with Gasteiger partial charge in [-0.3, -0.25) is 0 Å². The molecular formula is C19H19NS2. The van der Waals surface area contributed by atoms with Crippen LogP contribution in [0.2, 0.25) is 0 Å². The highest BCUT2D eigenvalue weighted by Crippen LogP contribution is 2.31. The SMILES string of the molecule is Cc1c(C(=S)Nc2ccc(C(C)C)cc2)sc2ccccc12. The number of benzene rings is 2. The second-order valence-electron chi connectivity index (χ2n) is 5.78. The third kappa shape index (κ3) is 2.92. The van der Waals surface area contributed by atoms with E-state index >= 15 is 0 Å². The molecule has 1 nitrogen and oxygen atoms in total. The highest BCUT2D eigenvalue weighted by atomic mass is 32.1. The lowest BCUT2D eigenvalue weighted by Gasteiger charge is -2.10. The van der Waals surface area contributed by atoms with Crippen molar-refractivity contribution in [2.75, 3.05) is 5.32 Å². The van der Waals surface area contributed by atoms with Crippen molar-refractivity contribution in [3.8, 4) is 0 Å². The van der Waals surface area contributed by atoms with Crippen molar-refractivity contribution >= 4 is 44.3 Å². The number of anilines is 1. The number of hydrogen-bond donors (Lipinski definition) is 1. The molecule has 0 saturated heterocycles. The van der Waals surface area contributed by atoms with Crippen LogP contribution in [-0.4, -0.2) is 4.99 Å². The summed E-state index contributed by atoms with van der Waals surface area (Å²) in [6.07, 6.45) is 0. The quantitative estimate of drug-likeness (QED) is 0.582. The molecule has 1 heterocycles. The molecule has 0 fully saturated rings. The molecule has 0 aliphatic heterocycles. The number of aryl methyl sites for hydroxylation is 1. The van der Waals surface area contributed by atoms with Crippen molar-refractivity contribution in [3.05, 3.63) is 64.5 Å². The Morgan fingerprint density at radius 1 is 1.05 bits per heavy atom. The Labute approximate surface area is 141 Å². The fourth-order valence-electron chi connectivity index (χ4n) is 2.53. The molecule has 0 saturated carbocycles. The van der Waals surface area contributed by atoms with E-state index in [9.17, 15) is 0 Å². The maximum Gasteiger partial charge on any atom is 0.121 e. The summed E-state index contributed by atoms with van der Waals surface area (Å²) in [4.78, 5) is 1.96. The van der Waals surface area contributed by atoms with Crippen molar-refractivity contribution in [1.82, 2.24) is 0 Å². The summed E-state index contributed by atoms with van der Waals surface area (Å²) < 4.78 is 1.29. The summed E-state index contributed by atoms with van der Waals surface area (Å²) in [5.41, 5.74) is 3.65. The van der Waals surface area contributed by atoms with E-state index in [-0.39, 0.29) is 0 Å². The predicted octanol–water partition coefficient (Wildman–Crippen LogP) is 6.12. The Bertz CT molecular complexity index is 813. The third-order valence-corrected chi connectivity index (χ3v) is 5.61. The minimum Gasteiger partial charge on any atom is -0.345 e. The minimum absolute atomic E-state index is 0.547. The molecule has 0 amide bonds. The lowest BCUT2D eigenvalue weighted by molar-refractivity contribution is 0.867. The first-order chi connectivity index (χ1) is 10.6. The van der Waals surface area contributed by atoms with Crippen LogP contribution in [0.25, 0.3) is 10.1 Å². The monoisotopic (exact) mass is 325 g/mol. The summed E-state index contributed by atoms with van der Waals surface area (Å²) in [5, 5.41) is 4.66. The van der Waals surface area contributed by atoms with E-state index < -0.39 is 0 Å². The molecule has 0 spiro atoms. The third-order valence-electron chi connectivity index (χ3n) is 3.89. The molecule has 0 atom stereocenters. The maximum atomic E-state index is 5.61. The summed E-state index contributed by atoms with van der Waals surface area (Å²) >= 11 is 7.37. The van der Waals surface area contributed by atoms with Crippen LogP contribution < -0.4 is 5.32 Å². The Morgan fingerprint density at radius 2 is 1.73 bits per heavy atom. The number of nitrogens with one attached hydrogen (secondary N) is 1. The average Bonchev–Trinajstić information content (AvgIpc) is 2.85. The molecule has 1 N–H and O–H groups in total. The number of hydrogen-bond acceptors (Lipinski definition) is 2. The normalized spacial score (nSPS) is 11.1. The van der Waals surface area contributed by atoms with Crippen LogP contribution in [0.1, 0.15) is 35.8 Å². The first-order valence-electron chi connectivity index (χ1n) is 7.45. The molecule has 2 aromatic carbocycles. The van der Waals surface area contributed by atoms with E-state index in [1.807, 2.05) is 0 Å². The number of fused-ring (bicyclic) bond motifs is 1. The smallest absolute Gasteiger partial charge is 0.121 e. The molecule has 0 unspecified atom stereocenters. The molecule has 0 radical (unpaired) electrons. The van der Waals surface area contributed by atoms with Gasteiger partial charge in [0.05, 0.1) is 4.88 Å². The van der Waals surface area contributed by atoms with Gasteiger partial charge in [-0.2, -0.15) is 0 Å². The molecule has 0 bridgehead atoms. The van der Waals surface area contributed by atoms with Gasteiger partial charge in [-0.25, -0.2) is 0 Å². The van der Waals surface area contributed by atoms with Crippen LogP contribution in [0, 0.1) is 6.92 Å². The van der Waals surface area contributed by atoms with E-state index in [1.54, 1.807) is 11.3 Å². The largest absolute Gasteiger partial charge is 0.345 e. The average molecular weight is 326 g/mol. The molecule has 3 rings (SSSR count). The van der Waals surface area contributed by atoms with Gasteiger partial charge in [0.25, 0.3) is 0 Å². The molecule has 112 valence electrons. The zero-order chi connectivity index (χ0) is 15.7. The van der Waals surface area contributed by atoms with Crippen molar-refractivity contribution in [2.45, 2.75) is 26.7 Å². The highest BCUT2D eigenvalue weighted by Gasteiger charge is 2.12. The molecule has 1 aromatic heterocycles. The van der Waals surface area contributed by atoms with Gasteiger partial charge in [-0.05, 0) is 47.6 Å². The summed E-state index contributed by atoms with van der Waals surface area (Å²) in [6.45, 7) is 6.55. The predicted molar refractivity (Wildman–Crippen MR) is 102 cm³/mol. The summed E-state index contributed by atoms with van der Waals surface area (Å²) in [5.74, 6) is 0.547. The second-order valence-corrected chi connectivity index (χ2v) is 7.24. The molecular weight excluding hydrogens is 306 g/mol. The highest BCUT2D eigenvalue weighted by molar-refractivity contribution is 7.81. The summed E-state index contributed by atoms with van der Waals surface area (Å²) in [6, 6.07) is 17.0. The van der Waals surface area contributed by atoms with E-state index in [2.05, 4.69) is 74.6 Å². The van der Waals surface area contributed by atoms with Gasteiger partial charge in [0.1, 0.15) is 4.99 Å². The maximum absolute atomic E-state index is 5.61. The van der Waals surface area contributed by atoms with Crippen LogP contribution in [0.4, 0.5) is 5.69 Å². The summed E-state index contributed by atoms with van der Waals surface area (Å²) in [7, 11) is 0. The molecule has 3 heteroatoms. The van der Waals surface area contributed by atoms with Crippen LogP contribution in [0.3, 0.4) is 0 Å². The lowest BCUT2D eigenvalue weighted by Crippen LogP contribution is -2.09. The van der Waals surface area contributed by atoms with Gasteiger partial charge in [0.15, 0.2) is 0 Å². The Hall–Kier alpha value is -1.71. The number of rotatable bonds is 3. The van der Waals surface area contributed by atoms with Gasteiger partial charge in [0.2, 0.25) is 0 Å². The first kappa shape index (κ1) is 15.2. The van der Waals surface area contributed by atoms with Crippen LogP contribution in [0.5, 0.6) is 0 Å². The van der Waals surface area contributed by atoms with Crippen molar-refractivity contribution < 1.29 is 0 Å². The lowest BCUT2D eigenvalue weighted by atomic mass is 10.0. The van der Waals surface area contributed by atoms with Gasteiger partial charge < -0.3 is 5.32 Å². The van der Waals surface area contributed by atoms with Crippen LogP contribution >= 0.6 is 23.6 Å². The molecule has 3 aromatic rings. The van der Waals surface area contributed by atoms with Gasteiger partial charge in [-0.1, -0.05) is 56.4 Å². The van der Waals surface area contributed by atoms with E-state index in [4.69, 9.17) is 12.2 Å². The Morgan fingerprint density at radius 3 is 2.36 bits per heavy atom. The molecule has 0 aliphatic rings. The minimum atomic E-state index is 0.547. The van der Waals surface area contributed by atoms with Gasteiger partial charge in [-0.15, -0.1) is 11.3 Å². The van der Waals surface area contributed by atoms with Crippen molar-refractivity contribution in [3.63, 3.8) is 0 Å². The van der Waals surface area contributed by atoms with E-state index in [0.717, 1.165) is 15.6 Å². The topological polar surface area (TPSA) is 12.0 Å². The Balaban J connectivity index is 1.85. The van der Waals surface area contributed by atoms with Crippen molar-refractivity contribution in [2.24, 2.45) is 0 Å². The van der Waals surface area contributed by atoms with Gasteiger partial charge in [0, 0.05) is 10.4 Å². The van der Waals surface area contributed by atoms with E-state index in [1.165, 1.54) is 21.2 Å². The fourth-order valence-corrected chi connectivity index (χ4v) is 4.03. The molecule has 22 heavy (non-hydrogen) atoms. The van der Waals surface area contributed by atoms with E-state index in [0.29, 0.717) is 5.92 Å². The molecule has 0 aliphatic carbocycles. The van der Waals surface area contributed by atoms with Gasteiger partial charge >= 0.3 is 0 Å². The standard InChI is InChI=1S/C19H19NS2/c1-12(2)14-8-10-15(11-9-14)20-19(21)18-13(3)16-6-4-5-7-17(16)22-18/h4-12H,1-3H3,(H,20,21). The van der Waals surface area contributed by atoms with Crippen molar-refractivity contribution in [1.29, 1.82) is 0 Å². The number of thiocarbonyl (C=S) groups is 1.